The number of phenolic OH excluding ortho intramolecular Hbond substituents is 1. The average molecular weight is 273 g/mol. The molecule has 0 aliphatic rings. The minimum atomic E-state index is -0.210. The van der Waals surface area contributed by atoms with Crippen molar-refractivity contribution in [3.05, 3.63) is 22.7 Å². The van der Waals surface area contributed by atoms with Crippen molar-refractivity contribution in [2.45, 2.75) is 19.4 Å². The molecule has 0 bridgehead atoms. The summed E-state index contributed by atoms with van der Waals surface area (Å²) in [4.78, 5) is 11.4. The van der Waals surface area contributed by atoms with E-state index in [2.05, 4.69) is 21.2 Å². The van der Waals surface area contributed by atoms with Crippen LogP contribution < -0.4 is 11.1 Å². The quantitative estimate of drug-likeness (QED) is 0.735. The van der Waals surface area contributed by atoms with Crippen molar-refractivity contribution in [1.29, 1.82) is 0 Å². The van der Waals surface area contributed by atoms with Gasteiger partial charge in [0.15, 0.2) is 5.75 Å². The Hall–Kier alpha value is -1.07. The molecule has 0 saturated carbocycles. The van der Waals surface area contributed by atoms with Crippen molar-refractivity contribution in [3.63, 3.8) is 0 Å². The van der Waals surface area contributed by atoms with Gasteiger partial charge in [-0.3, -0.25) is 4.79 Å². The van der Waals surface area contributed by atoms with Crippen molar-refractivity contribution in [1.82, 2.24) is 0 Å². The zero-order chi connectivity index (χ0) is 11.4. The Labute approximate surface area is 96.6 Å². The Morgan fingerprint density at radius 3 is 2.93 bits per heavy atom. The molecule has 4 N–H and O–H groups in total. The summed E-state index contributed by atoms with van der Waals surface area (Å²) in [5.74, 6) is -0.186. The molecule has 0 spiro atoms. The Balaban J connectivity index is 2.73. The standard InChI is InChI=1S/C10H13BrN2O2/c1-6(12)5-9(14)13-8-4-2-3-7(11)10(8)15/h2-4,6,15H,5,12H2,1H3,(H,13,14). The number of para-hydroxylation sites is 1. The molecule has 0 fully saturated rings. The third-order valence-electron chi connectivity index (χ3n) is 1.77. The van der Waals surface area contributed by atoms with Gasteiger partial charge < -0.3 is 16.2 Å². The van der Waals surface area contributed by atoms with Gasteiger partial charge in [-0.2, -0.15) is 0 Å². The lowest BCUT2D eigenvalue weighted by atomic mass is 10.2. The van der Waals surface area contributed by atoms with E-state index in [9.17, 15) is 9.90 Å². The van der Waals surface area contributed by atoms with Crippen LogP contribution in [0.25, 0.3) is 0 Å². The number of halogens is 1. The highest BCUT2D eigenvalue weighted by Crippen LogP contribution is 2.31. The van der Waals surface area contributed by atoms with Gasteiger partial charge in [0.25, 0.3) is 0 Å². The van der Waals surface area contributed by atoms with Gasteiger partial charge in [-0.1, -0.05) is 6.07 Å². The summed E-state index contributed by atoms with van der Waals surface area (Å²) in [6, 6.07) is 4.85. The molecule has 15 heavy (non-hydrogen) atoms. The highest BCUT2D eigenvalue weighted by Gasteiger charge is 2.09. The van der Waals surface area contributed by atoms with E-state index in [1.807, 2.05) is 0 Å². The Kier molecular flexibility index (Phi) is 4.11. The second-order valence-electron chi connectivity index (χ2n) is 3.37. The summed E-state index contributed by atoms with van der Waals surface area (Å²) in [5.41, 5.74) is 5.87. The number of carbonyl (C=O) groups excluding carboxylic acids is 1. The summed E-state index contributed by atoms with van der Waals surface area (Å²) in [7, 11) is 0. The first-order valence-corrected chi connectivity index (χ1v) is 5.33. The van der Waals surface area contributed by atoms with Crippen LogP contribution >= 0.6 is 15.9 Å². The summed E-state index contributed by atoms with van der Waals surface area (Å²) < 4.78 is 0.543. The second-order valence-corrected chi connectivity index (χ2v) is 4.22. The van der Waals surface area contributed by atoms with Gasteiger partial charge in [0, 0.05) is 12.5 Å². The maximum Gasteiger partial charge on any atom is 0.226 e. The lowest BCUT2D eigenvalue weighted by Gasteiger charge is -2.09. The van der Waals surface area contributed by atoms with E-state index >= 15 is 0 Å². The van der Waals surface area contributed by atoms with Crippen LogP contribution in [0, 0.1) is 0 Å². The first-order chi connectivity index (χ1) is 7.00. The smallest absolute Gasteiger partial charge is 0.226 e. The molecule has 1 aromatic carbocycles. The largest absolute Gasteiger partial charge is 0.505 e. The highest BCUT2D eigenvalue weighted by atomic mass is 79.9. The van der Waals surface area contributed by atoms with Crippen molar-refractivity contribution in [2.24, 2.45) is 5.73 Å². The molecule has 0 heterocycles. The zero-order valence-corrected chi connectivity index (χ0v) is 9.91. The molecule has 0 saturated heterocycles. The number of anilines is 1. The Morgan fingerprint density at radius 1 is 1.67 bits per heavy atom. The number of nitrogens with two attached hydrogens (primary N) is 1. The van der Waals surface area contributed by atoms with Crippen LogP contribution in [0.1, 0.15) is 13.3 Å². The second kappa shape index (κ2) is 5.14. The summed E-state index contributed by atoms with van der Waals surface area (Å²) in [6.07, 6.45) is 0.228. The van der Waals surface area contributed by atoms with Crippen LogP contribution in [0.5, 0.6) is 5.75 Å². The van der Waals surface area contributed by atoms with E-state index in [1.54, 1.807) is 25.1 Å². The van der Waals surface area contributed by atoms with Crippen molar-refractivity contribution < 1.29 is 9.90 Å². The number of aromatic hydroxyl groups is 1. The van der Waals surface area contributed by atoms with Gasteiger partial charge in [0.2, 0.25) is 5.91 Å². The van der Waals surface area contributed by atoms with Gasteiger partial charge in [-0.05, 0) is 35.0 Å². The summed E-state index contributed by atoms with van der Waals surface area (Å²) in [6.45, 7) is 1.75. The van der Waals surface area contributed by atoms with Gasteiger partial charge in [-0.25, -0.2) is 0 Å². The molecular weight excluding hydrogens is 260 g/mol. The van der Waals surface area contributed by atoms with Gasteiger partial charge in [0.1, 0.15) is 0 Å². The van der Waals surface area contributed by atoms with Gasteiger partial charge >= 0.3 is 0 Å². The molecule has 0 radical (unpaired) electrons. The van der Waals surface area contributed by atoms with E-state index in [-0.39, 0.29) is 24.1 Å². The molecule has 0 aliphatic carbocycles. The average Bonchev–Trinajstić information content (AvgIpc) is 2.11. The van der Waals surface area contributed by atoms with Crippen LogP contribution in [0.2, 0.25) is 0 Å². The van der Waals surface area contributed by atoms with Crippen LogP contribution in [-0.2, 0) is 4.79 Å². The molecule has 1 aromatic rings. The third-order valence-corrected chi connectivity index (χ3v) is 2.41. The van der Waals surface area contributed by atoms with Crippen LogP contribution in [-0.4, -0.2) is 17.1 Å². The maximum absolute atomic E-state index is 11.4. The maximum atomic E-state index is 11.4. The predicted molar refractivity (Wildman–Crippen MR) is 62.7 cm³/mol. The number of rotatable bonds is 3. The van der Waals surface area contributed by atoms with Crippen molar-refractivity contribution in [2.75, 3.05) is 5.32 Å². The number of benzene rings is 1. The number of hydrogen-bond donors (Lipinski definition) is 3. The fourth-order valence-corrected chi connectivity index (χ4v) is 1.48. The number of phenols is 1. The summed E-state index contributed by atoms with van der Waals surface area (Å²) in [5, 5.41) is 12.2. The number of hydrogen-bond acceptors (Lipinski definition) is 3. The fraction of sp³-hybridized carbons (Fsp3) is 0.300. The molecule has 1 unspecified atom stereocenters. The Morgan fingerprint density at radius 2 is 2.33 bits per heavy atom. The fourth-order valence-electron chi connectivity index (χ4n) is 1.11. The first kappa shape index (κ1) is 12.0. The van der Waals surface area contributed by atoms with E-state index in [0.717, 1.165) is 0 Å². The molecule has 0 aliphatic heterocycles. The SMILES string of the molecule is CC(N)CC(=O)Nc1cccc(Br)c1O. The lowest BCUT2D eigenvalue weighted by molar-refractivity contribution is -0.116. The minimum Gasteiger partial charge on any atom is -0.505 e. The predicted octanol–water partition coefficient (Wildman–Crippen LogP) is 1.83. The van der Waals surface area contributed by atoms with Crippen molar-refractivity contribution >= 4 is 27.5 Å². The van der Waals surface area contributed by atoms with E-state index in [4.69, 9.17) is 5.73 Å². The Bertz CT molecular complexity index is 366. The van der Waals surface area contributed by atoms with Gasteiger partial charge in [-0.15, -0.1) is 0 Å². The number of nitrogens with one attached hydrogen (secondary N) is 1. The summed E-state index contributed by atoms with van der Waals surface area (Å²) >= 11 is 3.16. The highest BCUT2D eigenvalue weighted by molar-refractivity contribution is 9.10. The molecule has 4 nitrogen and oxygen atoms in total. The molecule has 1 atom stereocenters. The lowest BCUT2D eigenvalue weighted by Crippen LogP contribution is -2.24. The molecule has 5 heteroatoms. The molecule has 1 amide bonds. The minimum absolute atomic E-state index is 0.0236. The van der Waals surface area contributed by atoms with Crippen LogP contribution in [0.15, 0.2) is 22.7 Å². The van der Waals surface area contributed by atoms with E-state index in [1.165, 1.54) is 0 Å². The molecule has 82 valence electrons. The van der Waals surface area contributed by atoms with E-state index in [0.29, 0.717) is 10.2 Å². The van der Waals surface area contributed by atoms with Crippen molar-refractivity contribution in [3.8, 4) is 5.75 Å². The third kappa shape index (κ3) is 3.53. The molecule has 1 rings (SSSR count). The van der Waals surface area contributed by atoms with E-state index < -0.39 is 0 Å². The first-order valence-electron chi connectivity index (χ1n) is 4.53. The number of amides is 1. The topological polar surface area (TPSA) is 75.4 Å². The molecule has 0 aromatic heterocycles. The number of carbonyl (C=O) groups is 1. The normalized spacial score (nSPS) is 12.2. The van der Waals surface area contributed by atoms with Crippen LogP contribution in [0.4, 0.5) is 5.69 Å². The molecular formula is C10H13BrN2O2. The zero-order valence-electron chi connectivity index (χ0n) is 8.33. The monoisotopic (exact) mass is 272 g/mol. The van der Waals surface area contributed by atoms with Crippen LogP contribution in [0.3, 0.4) is 0 Å². The van der Waals surface area contributed by atoms with Gasteiger partial charge in [0.05, 0.1) is 10.2 Å².